The quantitative estimate of drug-likeness (QED) is 0.0880. The molecule has 0 aliphatic heterocycles. The van der Waals surface area contributed by atoms with E-state index < -0.39 is 108 Å². The first-order valence-corrected chi connectivity index (χ1v) is 11.4. The Morgan fingerprint density at radius 1 is 0.392 bits per heavy atom. The Balaban J connectivity index is 7.44. The number of ether oxygens (including phenoxy) is 1. The molecule has 0 aromatic carbocycles. The van der Waals surface area contributed by atoms with Gasteiger partial charge in [0.05, 0.1) is 0 Å². The second-order valence-corrected chi connectivity index (χ2v) is 9.82. The molecule has 0 saturated heterocycles. The molecule has 0 aliphatic rings. The molecular weight excluding hydrogens is 823 g/mol. The van der Waals surface area contributed by atoms with Crippen molar-refractivity contribution in [3.63, 3.8) is 0 Å². The highest BCUT2D eigenvalue weighted by Gasteiger charge is 3.00. The third kappa shape index (κ3) is 6.56. The van der Waals surface area contributed by atoms with Gasteiger partial charge in [-0.15, -0.1) is 0 Å². The minimum Gasteiger partial charge on any atom is -0.393 e. The van der Waals surface area contributed by atoms with Crippen LogP contribution in [0.2, 0.25) is 0 Å². The van der Waals surface area contributed by atoms with Gasteiger partial charge < -0.3 is 4.74 Å². The van der Waals surface area contributed by atoms with Crippen LogP contribution in [-0.4, -0.2) is 89.3 Å². The molecule has 0 atom stereocenters. The summed E-state index contributed by atoms with van der Waals surface area (Å²) in [6.45, 7) is 2.47. The Kier molecular flexibility index (Phi) is 11.7. The summed E-state index contributed by atoms with van der Waals surface area (Å²) in [5.74, 6) is -114. The number of carbonyl (C=O) groups excluding carboxylic acids is 1. The zero-order valence-electron chi connectivity index (χ0n) is 22.9. The second-order valence-electron chi connectivity index (χ2n) is 9.82. The van der Waals surface area contributed by atoms with E-state index in [-0.39, 0.29) is 6.92 Å². The van der Waals surface area contributed by atoms with Gasteiger partial charge in [0.1, 0.15) is 0 Å². The van der Waals surface area contributed by atoms with Crippen molar-refractivity contribution < 1.29 is 137 Å². The summed E-state index contributed by atoms with van der Waals surface area (Å²) in [7, 11) is 0. The highest BCUT2D eigenvalue weighted by atomic mass is 19.4. The first-order chi connectivity index (χ1) is 21.5. The fourth-order valence-corrected chi connectivity index (χ4v) is 2.91. The van der Waals surface area contributed by atoms with Gasteiger partial charge in [-0.25, -0.2) is 4.79 Å². The van der Waals surface area contributed by atoms with Crippen LogP contribution in [0, 0.1) is 0 Å². The summed E-state index contributed by atoms with van der Waals surface area (Å²) in [5.41, 5.74) is -1.58. The summed E-state index contributed by atoms with van der Waals surface area (Å²) in [5, 5.41) is 0. The largest absolute Gasteiger partial charge is 0.473 e. The smallest absolute Gasteiger partial charge is 0.393 e. The molecule has 0 aromatic rings. The normalized spacial score (nSPS) is 16.4. The first kappa shape index (κ1) is 48.2. The Morgan fingerprint density at radius 2 is 0.608 bits per heavy atom. The Hall–Kier alpha value is -2.82. The number of halogens is 29. The maximum Gasteiger partial charge on any atom is 0.473 e. The molecule has 2 nitrogen and oxygen atoms in total. The van der Waals surface area contributed by atoms with Gasteiger partial charge in [0.25, 0.3) is 0 Å². The molecule has 0 aromatic heterocycles. The maximum atomic E-state index is 13.9. The topological polar surface area (TPSA) is 26.3 Å². The van der Waals surface area contributed by atoms with Crippen molar-refractivity contribution in [1.29, 1.82) is 0 Å². The van der Waals surface area contributed by atoms with Crippen LogP contribution in [0.4, 0.5) is 127 Å². The van der Waals surface area contributed by atoms with Gasteiger partial charge in [0.15, 0.2) is 0 Å². The molecule has 31 heteroatoms. The zero-order chi connectivity index (χ0) is 42.3. The molecule has 0 heterocycles. The lowest BCUT2D eigenvalue weighted by molar-refractivity contribution is -0.487. The van der Waals surface area contributed by atoms with E-state index in [9.17, 15) is 132 Å². The van der Waals surface area contributed by atoms with Gasteiger partial charge in [-0.3, -0.25) is 0 Å². The van der Waals surface area contributed by atoms with E-state index in [1.165, 1.54) is 0 Å². The van der Waals surface area contributed by atoms with Gasteiger partial charge in [0, 0.05) is 18.4 Å². The summed E-state index contributed by atoms with van der Waals surface area (Å²) in [6, 6.07) is 0. The highest BCUT2D eigenvalue weighted by molar-refractivity contribution is 5.87. The number of alkyl halides is 29. The number of esters is 1. The number of carbonyl (C=O) groups is 1. The van der Waals surface area contributed by atoms with Gasteiger partial charge >= 0.3 is 89.3 Å². The van der Waals surface area contributed by atoms with Gasteiger partial charge in [-0.2, -0.15) is 127 Å². The predicted octanol–water partition coefficient (Wildman–Crippen LogP) is 10.7. The molecule has 0 aliphatic carbocycles. The predicted molar refractivity (Wildman–Crippen MR) is 101 cm³/mol. The average Bonchev–Trinajstić information content (AvgIpc) is 2.89. The van der Waals surface area contributed by atoms with Gasteiger partial charge in [0.2, 0.25) is 0 Å². The summed E-state index contributed by atoms with van der Waals surface area (Å²) in [6.07, 6.45) is -21.2. The third-order valence-corrected chi connectivity index (χ3v) is 6.06. The van der Waals surface area contributed by atoms with Gasteiger partial charge in [-0.1, -0.05) is 6.58 Å². The minimum absolute atomic E-state index is 0.163. The molecule has 51 heavy (non-hydrogen) atoms. The Bertz CT molecular complexity index is 1300. The van der Waals surface area contributed by atoms with E-state index in [4.69, 9.17) is 0 Å². The van der Waals surface area contributed by atoms with Crippen molar-refractivity contribution >= 4 is 5.97 Å². The standard InChI is InChI=1S/C20H9F29O2/c1-5(2)6(50)51-20(48,49)19(46,47)18(44,45)17(42,43)16(40,41)15(38,39)14(36,37)13(34,35)12(32,33)11(30,31)10(28,29)9(26,27)7(21,22)3-4-8(23,24)25/h1,3-4H2,2H3. The number of rotatable bonds is 16. The van der Waals surface area contributed by atoms with Crippen LogP contribution >= 0.6 is 0 Å². The lowest BCUT2D eigenvalue weighted by Gasteiger charge is -2.46. The highest BCUT2D eigenvalue weighted by Crippen LogP contribution is 2.68. The summed E-state index contributed by atoms with van der Waals surface area (Å²) in [4.78, 5) is 10.9. The monoisotopic (exact) mass is 832 g/mol. The second kappa shape index (κ2) is 12.4. The van der Waals surface area contributed by atoms with E-state index in [0.717, 1.165) is 0 Å². The van der Waals surface area contributed by atoms with Crippen molar-refractivity contribution in [1.82, 2.24) is 0 Å². The van der Waals surface area contributed by atoms with Crippen LogP contribution in [0.3, 0.4) is 0 Å². The molecular formula is C20H9F29O2. The van der Waals surface area contributed by atoms with E-state index in [1.807, 2.05) is 0 Å². The van der Waals surface area contributed by atoms with Crippen LogP contribution in [0.15, 0.2) is 12.2 Å². The van der Waals surface area contributed by atoms with Crippen LogP contribution in [-0.2, 0) is 9.53 Å². The lowest BCUT2D eigenvalue weighted by Crippen LogP contribution is -2.79. The van der Waals surface area contributed by atoms with Crippen LogP contribution in [0.5, 0.6) is 0 Å². The zero-order valence-corrected chi connectivity index (χ0v) is 22.9. The Morgan fingerprint density at radius 3 is 0.824 bits per heavy atom. The van der Waals surface area contributed by atoms with Crippen molar-refractivity contribution in [2.45, 2.75) is 103 Å². The van der Waals surface area contributed by atoms with Crippen LogP contribution in [0.1, 0.15) is 19.8 Å². The first-order valence-electron chi connectivity index (χ1n) is 11.4. The van der Waals surface area contributed by atoms with Crippen molar-refractivity contribution in [2.75, 3.05) is 0 Å². The molecule has 0 saturated carbocycles. The van der Waals surface area contributed by atoms with E-state index in [1.54, 1.807) is 0 Å². The molecule has 0 fully saturated rings. The SMILES string of the molecule is C=C(C)C(=O)OC(F)(F)C(F)(F)C(F)(F)C(F)(F)C(F)(F)C(F)(F)C(F)(F)C(F)(F)C(F)(F)C(F)(F)C(F)(F)C(F)(F)C(F)(F)CCC(F)(F)F. The summed E-state index contributed by atoms with van der Waals surface area (Å²) < 4.78 is 395. The Labute approximate surface area is 259 Å². The minimum atomic E-state index is -9.91. The fraction of sp³-hybridized carbons (Fsp3) is 0.850. The molecule has 0 radical (unpaired) electrons. The number of hydrogen-bond acceptors (Lipinski definition) is 2. The molecule has 0 spiro atoms. The van der Waals surface area contributed by atoms with E-state index in [0.29, 0.717) is 0 Å². The molecule has 0 N–H and O–H groups in total. The fourth-order valence-electron chi connectivity index (χ4n) is 2.91. The van der Waals surface area contributed by atoms with Crippen LogP contribution < -0.4 is 0 Å². The summed E-state index contributed by atoms with van der Waals surface area (Å²) >= 11 is 0. The average molecular weight is 832 g/mol. The molecule has 304 valence electrons. The molecule has 0 unspecified atom stereocenters. The van der Waals surface area contributed by atoms with Crippen molar-refractivity contribution in [2.24, 2.45) is 0 Å². The van der Waals surface area contributed by atoms with Crippen LogP contribution in [0.25, 0.3) is 0 Å². The third-order valence-electron chi connectivity index (χ3n) is 6.06. The van der Waals surface area contributed by atoms with E-state index >= 15 is 0 Å². The molecule has 0 bridgehead atoms. The van der Waals surface area contributed by atoms with Crippen molar-refractivity contribution in [3.05, 3.63) is 12.2 Å². The maximum absolute atomic E-state index is 13.9. The molecule has 0 rings (SSSR count). The molecule has 0 amide bonds. The number of hydrogen-bond donors (Lipinski definition) is 0. The lowest BCUT2D eigenvalue weighted by atomic mass is 9.83. The van der Waals surface area contributed by atoms with E-state index in [2.05, 4.69) is 11.3 Å². The van der Waals surface area contributed by atoms with Gasteiger partial charge in [-0.05, 0) is 6.92 Å². The van der Waals surface area contributed by atoms with Crippen molar-refractivity contribution in [3.8, 4) is 0 Å².